The highest BCUT2D eigenvalue weighted by Crippen LogP contribution is 2.57. The standard InChI is InChI=1S/C26H35F2N3O4S/c1-2-7-36-24-19(3-4-20(29-24)31-6-5-15(14-31)10-21(32)33)23(34)30-22-17-8-16-9-18(22)13-26(11-16,12-17)35-25(27)28/h3-4,15-18,22,25H,2,5-14H2,1H3,(H,30,34)(H,32,33)/t15-,16?,17?,18?,22-,26-/m0/s1. The zero-order valence-electron chi connectivity index (χ0n) is 20.6. The summed E-state index contributed by atoms with van der Waals surface area (Å²) in [5.41, 5.74) is -0.184. The van der Waals surface area contributed by atoms with Gasteiger partial charge in [0.25, 0.3) is 5.91 Å². The zero-order valence-corrected chi connectivity index (χ0v) is 21.4. The highest BCUT2D eigenvalue weighted by atomic mass is 32.2. The molecule has 36 heavy (non-hydrogen) atoms. The molecule has 1 aromatic rings. The van der Waals surface area contributed by atoms with Gasteiger partial charge in [0.05, 0.1) is 11.2 Å². The topological polar surface area (TPSA) is 91.8 Å². The van der Waals surface area contributed by atoms with Crippen LogP contribution in [0.15, 0.2) is 17.2 Å². The number of nitrogens with zero attached hydrogens (tertiary/aromatic N) is 2. The third kappa shape index (κ3) is 5.35. The van der Waals surface area contributed by atoms with Crippen molar-refractivity contribution >= 4 is 29.5 Å². The Kier molecular flexibility index (Phi) is 7.45. The zero-order chi connectivity index (χ0) is 25.4. The van der Waals surface area contributed by atoms with Crippen LogP contribution in [0.2, 0.25) is 0 Å². The van der Waals surface area contributed by atoms with Crippen molar-refractivity contribution in [2.75, 3.05) is 23.7 Å². The van der Waals surface area contributed by atoms with E-state index >= 15 is 0 Å². The third-order valence-electron chi connectivity index (χ3n) is 8.46. The fourth-order valence-electron chi connectivity index (χ4n) is 7.29. The number of amides is 1. The quantitative estimate of drug-likeness (QED) is 0.426. The molecule has 3 atom stereocenters. The van der Waals surface area contributed by atoms with E-state index in [2.05, 4.69) is 17.1 Å². The number of carboxylic acids is 1. The maximum atomic E-state index is 13.5. The number of carboxylic acid groups (broad SMARTS) is 1. The number of ether oxygens (including phenoxy) is 1. The minimum atomic E-state index is -2.76. The van der Waals surface area contributed by atoms with Gasteiger partial charge in [-0.2, -0.15) is 8.78 Å². The molecule has 10 heteroatoms. The first-order chi connectivity index (χ1) is 17.2. The van der Waals surface area contributed by atoms with Crippen LogP contribution in [-0.2, 0) is 9.53 Å². The molecule has 2 heterocycles. The lowest BCUT2D eigenvalue weighted by Gasteiger charge is -2.59. The molecule has 4 aliphatic carbocycles. The number of thioether (sulfide) groups is 1. The number of hydrogen-bond acceptors (Lipinski definition) is 6. The van der Waals surface area contributed by atoms with Crippen LogP contribution in [0.3, 0.4) is 0 Å². The van der Waals surface area contributed by atoms with Gasteiger partial charge in [0, 0.05) is 25.6 Å². The highest BCUT2D eigenvalue weighted by Gasteiger charge is 2.57. The van der Waals surface area contributed by atoms with Crippen LogP contribution in [0.5, 0.6) is 0 Å². The molecule has 0 aromatic carbocycles. The molecule has 1 amide bonds. The van der Waals surface area contributed by atoms with Crippen molar-refractivity contribution < 1.29 is 28.2 Å². The number of nitrogens with one attached hydrogen (secondary N) is 1. The summed E-state index contributed by atoms with van der Waals surface area (Å²) < 4.78 is 31.4. The minimum Gasteiger partial charge on any atom is -0.481 e. The molecule has 1 aliphatic heterocycles. The molecule has 7 nitrogen and oxygen atoms in total. The average Bonchev–Trinajstić information content (AvgIpc) is 3.26. The molecule has 2 unspecified atom stereocenters. The second kappa shape index (κ2) is 10.4. The normalized spacial score (nSPS) is 32.9. The summed E-state index contributed by atoms with van der Waals surface area (Å²) in [5.74, 6) is 1.50. The molecule has 1 aromatic heterocycles. The Labute approximate surface area is 214 Å². The molecule has 198 valence electrons. The Morgan fingerprint density at radius 2 is 2.03 bits per heavy atom. The van der Waals surface area contributed by atoms with Gasteiger partial charge in [-0.15, -0.1) is 11.8 Å². The lowest BCUT2D eigenvalue weighted by molar-refractivity contribution is -0.260. The molecular weight excluding hydrogens is 488 g/mol. The molecule has 6 rings (SSSR count). The Morgan fingerprint density at radius 3 is 2.69 bits per heavy atom. The predicted molar refractivity (Wildman–Crippen MR) is 132 cm³/mol. The van der Waals surface area contributed by atoms with Crippen LogP contribution in [0.25, 0.3) is 0 Å². The van der Waals surface area contributed by atoms with E-state index in [4.69, 9.17) is 14.8 Å². The van der Waals surface area contributed by atoms with Crippen LogP contribution >= 0.6 is 11.8 Å². The van der Waals surface area contributed by atoms with E-state index in [1.807, 2.05) is 12.1 Å². The first-order valence-electron chi connectivity index (χ1n) is 13.1. The fourth-order valence-corrected chi connectivity index (χ4v) is 8.16. The SMILES string of the molecule is CCCSc1nc(N2CC[C@@H](CC(=O)O)C2)ccc1C(=O)N[C@H]1C2CC3CC1C[C@](OC(F)F)(C3)C2. The smallest absolute Gasteiger partial charge is 0.345 e. The number of aliphatic carboxylic acids is 1. The highest BCUT2D eigenvalue weighted by molar-refractivity contribution is 7.99. The van der Waals surface area contributed by atoms with Crippen molar-refractivity contribution in [2.45, 2.75) is 81.6 Å². The molecule has 5 fully saturated rings. The van der Waals surface area contributed by atoms with Crippen LogP contribution < -0.4 is 10.2 Å². The summed E-state index contributed by atoms with van der Waals surface area (Å²) in [6.45, 7) is 0.729. The van der Waals surface area contributed by atoms with Crippen LogP contribution in [0.1, 0.15) is 68.6 Å². The van der Waals surface area contributed by atoms with Gasteiger partial charge in [-0.05, 0) is 86.5 Å². The monoisotopic (exact) mass is 523 g/mol. The third-order valence-corrected chi connectivity index (χ3v) is 9.66. The van der Waals surface area contributed by atoms with Crippen LogP contribution in [0, 0.1) is 23.7 Å². The number of aromatic nitrogens is 1. The maximum Gasteiger partial charge on any atom is 0.345 e. The molecule has 4 saturated carbocycles. The van der Waals surface area contributed by atoms with E-state index in [1.165, 1.54) is 0 Å². The predicted octanol–water partition coefficient (Wildman–Crippen LogP) is 4.80. The van der Waals surface area contributed by atoms with E-state index in [0.29, 0.717) is 42.3 Å². The first kappa shape index (κ1) is 25.7. The van der Waals surface area contributed by atoms with Gasteiger partial charge in [0.15, 0.2) is 0 Å². The van der Waals surface area contributed by atoms with E-state index in [1.54, 1.807) is 11.8 Å². The van der Waals surface area contributed by atoms with Crippen LogP contribution in [0.4, 0.5) is 14.6 Å². The Balaban J connectivity index is 1.30. The minimum absolute atomic E-state index is 0.0255. The summed E-state index contributed by atoms with van der Waals surface area (Å²) >= 11 is 1.56. The van der Waals surface area contributed by atoms with Gasteiger partial charge in [-0.1, -0.05) is 6.92 Å². The summed E-state index contributed by atoms with van der Waals surface area (Å²) in [5, 5.41) is 13.1. The van der Waals surface area contributed by atoms with Gasteiger partial charge in [-0.25, -0.2) is 4.98 Å². The lowest BCUT2D eigenvalue weighted by atomic mass is 9.52. The van der Waals surface area contributed by atoms with Crippen molar-refractivity contribution in [2.24, 2.45) is 23.7 Å². The molecule has 1 saturated heterocycles. The van der Waals surface area contributed by atoms with Crippen molar-refractivity contribution in [1.82, 2.24) is 10.3 Å². The van der Waals surface area contributed by atoms with E-state index < -0.39 is 18.2 Å². The summed E-state index contributed by atoms with van der Waals surface area (Å²) in [7, 11) is 0. The number of anilines is 1. The number of halogens is 2. The molecule has 2 N–H and O–H groups in total. The summed E-state index contributed by atoms with van der Waals surface area (Å²) in [6.07, 6.45) is 5.69. The Hall–Kier alpha value is -1.94. The lowest BCUT2D eigenvalue weighted by Crippen LogP contribution is -2.62. The molecule has 0 radical (unpaired) electrons. The fraction of sp³-hybridized carbons (Fsp3) is 0.731. The number of pyridine rings is 1. The van der Waals surface area contributed by atoms with Gasteiger partial charge < -0.3 is 20.1 Å². The molecule has 0 spiro atoms. The van der Waals surface area contributed by atoms with E-state index in [-0.39, 0.29) is 36.1 Å². The second-order valence-corrected chi connectivity index (χ2v) is 12.2. The van der Waals surface area contributed by atoms with E-state index in [0.717, 1.165) is 43.8 Å². The Morgan fingerprint density at radius 1 is 1.28 bits per heavy atom. The number of carbonyl (C=O) groups excluding carboxylic acids is 1. The van der Waals surface area contributed by atoms with Crippen molar-refractivity contribution in [3.8, 4) is 0 Å². The first-order valence-corrected chi connectivity index (χ1v) is 14.1. The van der Waals surface area contributed by atoms with Crippen molar-refractivity contribution in [3.05, 3.63) is 17.7 Å². The van der Waals surface area contributed by atoms with Crippen molar-refractivity contribution in [1.29, 1.82) is 0 Å². The number of rotatable bonds is 10. The van der Waals surface area contributed by atoms with Crippen molar-refractivity contribution in [3.63, 3.8) is 0 Å². The average molecular weight is 524 g/mol. The van der Waals surface area contributed by atoms with Crippen LogP contribution in [-0.4, -0.2) is 59.1 Å². The number of hydrogen-bond donors (Lipinski definition) is 2. The second-order valence-electron chi connectivity index (χ2n) is 11.1. The largest absolute Gasteiger partial charge is 0.481 e. The molecule has 5 aliphatic rings. The number of alkyl halides is 2. The molecular formula is C26H35F2N3O4S. The van der Waals surface area contributed by atoms with Gasteiger partial charge in [0.1, 0.15) is 10.8 Å². The van der Waals surface area contributed by atoms with Gasteiger partial charge in [0.2, 0.25) is 0 Å². The van der Waals surface area contributed by atoms with Gasteiger partial charge in [-0.3, -0.25) is 9.59 Å². The molecule has 4 bridgehead atoms. The van der Waals surface area contributed by atoms with Gasteiger partial charge >= 0.3 is 12.6 Å². The maximum absolute atomic E-state index is 13.5. The Bertz CT molecular complexity index is 976. The summed E-state index contributed by atoms with van der Waals surface area (Å²) in [6, 6.07) is 3.66. The summed E-state index contributed by atoms with van der Waals surface area (Å²) in [4.78, 5) is 31.5. The number of carbonyl (C=O) groups is 2. The van der Waals surface area contributed by atoms with E-state index in [9.17, 15) is 18.4 Å².